The van der Waals surface area contributed by atoms with Crippen LogP contribution in [0.1, 0.15) is 13.8 Å². The number of nitrogens with one attached hydrogen (secondary N) is 1. The van der Waals surface area contributed by atoms with Gasteiger partial charge in [-0.1, -0.05) is 18.2 Å². The van der Waals surface area contributed by atoms with Crippen molar-refractivity contribution in [1.29, 1.82) is 0 Å². The summed E-state index contributed by atoms with van der Waals surface area (Å²) >= 11 is 0. The van der Waals surface area contributed by atoms with Crippen molar-refractivity contribution in [2.45, 2.75) is 24.3 Å². The zero-order chi connectivity index (χ0) is 15.4. The van der Waals surface area contributed by atoms with Crippen LogP contribution in [0.15, 0.2) is 35.2 Å². The third-order valence-electron chi connectivity index (χ3n) is 2.81. The highest BCUT2D eigenvalue weighted by molar-refractivity contribution is 7.89. The van der Waals surface area contributed by atoms with Crippen LogP contribution in [0.5, 0.6) is 0 Å². The van der Waals surface area contributed by atoms with Crippen LogP contribution in [0.25, 0.3) is 0 Å². The maximum Gasteiger partial charge on any atom is 0.243 e. The summed E-state index contributed by atoms with van der Waals surface area (Å²) in [5, 5.41) is 2.69. The first-order valence-corrected chi connectivity index (χ1v) is 7.65. The van der Waals surface area contributed by atoms with Gasteiger partial charge in [0, 0.05) is 19.1 Å². The lowest BCUT2D eigenvalue weighted by atomic mass is 10.1. The molecule has 0 fully saturated rings. The first-order chi connectivity index (χ1) is 9.19. The zero-order valence-electron chi connectivity index (χ0n) is 12.4. The topological polar surface area (TPSA) is 92.5 Å². The molecule has 0 heterocycles. The second kappa shape index (κ2) is 7.74. The number of likely N-dealkylation sites (N-methyl/N-ethyl adjacent to an activating group) is 1. The molecule has 0 bridgehead atoms. The first kappa shape index (κ1) is 19.9. The van der Waals surface area contributed by atoms with E-state index in [4.69, 9.17) is 5.73 Å². The van der Waals surface area contributed by atoms with Crippen LogP contribution in [0, 0.1) is 0 Å². The van der Waals surface area contributed by atoms with Crippen molar-refractivity contribution < 1.29 is 13.2 Å². The lowest BCUT2D eigenvalue weighted by Gasteiger charge is -2.25. The number of halogens is 1. The van der Waals surface area contributed by atoms with Crippen molar-refractivity contribution in [1.82, 2.24) is 9.62 Å². The van der Waals surface area contributed by atoms with Gasteiger partial charge in [0.15, 0.2) is 0 Å². The van der Waals surface area contributed by atoms with Crippen molar-refractivity contribution >= 4 is 28.3 Å². The van der Waals surface area contributed by atoms with E-state index < -0.39 is 15.6 Å². The number of hydrogen-bond donors (Lipinski definition) is 2. The van der Waals surface area contributed by atoms with Crippen molar-refractivity contribution in [3.05, 3.63) is 30.3 Å². The second-order valence-electron chi connectivity index (χ2n) is 5.21. The molecule has 0 spiro atoms. The van der Waals surface area contributed by atoms with Gasteiger partial charge in [0.05, 0.1) is 11.4 Å². The molecule has 0 radical (unpaired) electrons. The molecule has 8 heteroatoms. The van der Waals surface area contributed by atoms with Gasteiger partial charge in [0.2, 0.25) is 15.9 Å². The number of carbonyl (C=O) groups is 1. The number of nitrogens with two attached hydrogens (primary N) is 1. The van der Waals surface area contributed by atoms with E-state index in [9.17, 15) is 13.2 Å². The molecule has 0 aliphatic carbocycles. The highest BCUT2D eigenvalue weighted by atomic mass is 35.5. The Balaban J connectivity index is 0.00000400. The van der Waals surface area contributed by atoms with E-state index in [1.807, 2.05) is 0 Å². The Labute approximate surface area is 132 Å². The van der Waals surface area contributed by atoms with Gasteiger partial charge in [-0.15, -0.1) is 12.4 Å². The van der Waals surface area contributed by atoms with Gasteiger partial charge in [-0.05, 0) is 26.0 Å². The molecule has 0 aliphatic rings. The first-order valence-electron chi connectivity index (χ1n) is 6.21. The Morgan fingerprint density at radius 2 is 1.81 bits per heavy atom. The van der Waals surface area contributed by atoms with E-state index in [1.54, 1.807) is 32.0 Å². The molecule has 1 rings (SSSR count). The summed E-state index contributed by atoms with van der Waals surface area (Å²) in [4.78, 5) is 12.0. The van der Waals surface area contributed by atoms with Gasteiger partial charge in [0.25, 0.3) is 0 Å². The summed E-state index contributed by atoms with van der Waals surface area (Å²) in [5.74, 6) is -0.387. The van der Waals surface area contributed by atoms with Gasteiger partial charge in [-0.25, -0.2) is 8.42 Å². The SMILES string of the molecule is CN(CC(=O)NC(C)(C)CN)S(=O)(=O)c1ccccc1.Cl. The summed E-state index contributed by atoms with van der Waals surface area (Å²) in [6.45, 7) is 3.57. The third-order valence-corrected chi connectivity index (χ3v) is 4.62. The van der Waals surface area contributed by atoms with Gasteiger partial charge in [-0.3, -0.25) is 4.79 Å². The van der Waals surface area contributed by atoms with Crippen LogP contribution in [0.4, 0.5) is 0 Å². The molecule has 1 amide bonds. The van der Waals surface area contributed by atoms with Gasteiger partial charge in [-0.2, -0.15) is 4.31 Å². The Hall–Kier alpha value is -1.15. The quantitative estimate of drug-likeness (QED) is 0.795. The molecule has 0 saturated carbocycles. The monoisotopic (exact) mass is 335 g/mol. The van der Waals surface area contributed by atoms with Crippen molar-refractivity contribution in [3.63, 3.8) is 0 Å². The molecule has 0 saturated heterocycles. The average Bonchev–Trinajstić information content (AvgIpc) is 2.39. The fourth-order valence-electron chi connectivity index (χ4n) is 1.53. The minimum Gasteiger partial charge on any atom is -0.349 e. The number of carbonyl (C=O) groups excluding carboxylic acids is 1. The maximum atomic E-state index is 12.2. The molecule has 120 valence electrons. The molecule has 21 heavy (non-hydrogen) atoms. The van der Waals surface area contributed by atoms with Crippen LogP contribution in [-0.2, 0) is 14.8 Å². The number of amides is 1. The maximum absolute atomic E-state index is 12.2. The Morgan fingerprint density at radius 3 is 2.29 bits per heavy atom. The lowest BCUT2D eigenvalue weighted by Crippen LogP contribution is -2.51. The summed E-state index contributed by atoms with van der Waals surface area (Å²) in [6.07, 6.45) is 0. The van der Waals surface area contributed by atoms with Crippen LogP contribution in [0.2, 0.25) is 0 Å². The smallest absolute Gasteiger partial charge is 0.243 e. The van der Waals surface area contributed by atoms with Crippen LogP contribution in [0.3, 0.4) is 0 Å². The highest BCUT2D eigenvalue weighted by Crippen LogP contribution is 2.13. The molecule has 3 N–H and O–H groups in total. The summed E-state index contributed by atoms with van der Waals surface area (Å²) < 4.78 is 25.5. The Morgan fingerprint density at radius 1 is 1.29 bits per heavy atom. The minimum atomic E-state index is -3.66. The number of benzene rings is 1. The normalized spacial score (nSPS) is 11.9. The molecule has 0 aliphatic heterocycles. The Bertz CT molecular complexity index is 561. The fraction of sp³-hybridized carbons (Fsp3) is 0.462. The average molecular weight is 336 g/mol. The van der Waals surface area contributed by atoms with E-state index in [2.05, 4.69) is 5.32 Å². The van der Waals surface area contributed by atoms with Gasteiger partial charge >= 0.3 is 0 Å². The molecule has 0 atom stereocenters. The molecule has 0 unspecified atom stereocenters. The summed E-state index contributed by atoms with van der Waals surface area (Å²) in [7, 11) is -2.28. The number of nitrogens with zero attached hydrogens (tertiary/aromatic N) is 1. The predicted octanol–water partition coefficient (Wildman–Crippen LogP) is 0.582. The van der Waals surface area contributed by atoms with Crippen molar-refractivity contribution in [2.24, 2.45) is 5.73 Å². The second-order valence-corrected chi connectivity index (χ2v) is 7.26. The van der Waals surface area contributed by atoms with Crippen LogP contribution < -0.4 is 11.1 Å². The van der Waals surface area contributed by atoms with E-state index >= 15 is 0 Å². The van der Waals surface area contributed by atoms with Crippen molar-refractivity contribution in [2.75, 3.05) is 20.1 Å². The van der Waals surface area contributed by atoms with Crippen molar-refractivity contribution in [3.8, 4) is 0 Å². The van der Waals surface area contributed by atoms with Gasteiger partial charge < -0.3 is 11.1 Å². The predicted molar refractivity (Wildman–Crippen MR) is 84.8 cm³/mol. The molecule has 1 aromatic carbocycles. The molecule has 0 aromatic heterocycles. The van der Waals surface area contributed by atoms with Crippen LogP contribution in [-0.4, -0.2) is 44.3 Å². The highest BCUT2D eigenvalue weighted by Gasteiger charge is 2.25. The van der Waals surface area contributed by atoms with Crippen LogP contribution >= 0.6 is 12.4 Å². The summed E-state index contributed by atoms with van der Waals surface area (Å²) in [6, 6.07) is 7.99. The van der Waals surface area contributed by atoms with Gasteiger partial charge in [0.1, 0.15) is 0 Å². The number of sulfonamides is 1. The number of hydrogen-bond acceptors (Lipinski definition) is 4. The van der Waals surface area contributed by atoms with E-state index in [-0.39, 0.29) is 36.3 Å². The lowest BCUT2D eigenvalue weighted by molar-refractivity contribution is -0.122. The molecular formula is C13H22ClN3O3S. The molecular weight excluding hydrogens is 314 g/mol. The van der Waals surface area contributed by atoms with E-state index in [0.717, 1.165) is 4.31 Å². The largest absolute Gasteiger partial charge is 0.349 e. The molecule has 6 nitrogen and oxygen atoms in total. The molecule has 1 aromatic rings. The number of rotatable bonds is 6. The summed E-state index contributed by atoms with van der Waals surface area (Å²) in [5.41, 5.74) is 4.95. The Kier molecular flexibility index (Phi) is 7.32. The minimum absolute atomic E-state index is 0. The fourth-order valence-corrected chi connectivity index (χ4v) is 2.68. The standard InChI is InChI=1S/C13H21N3O3S.ClH/c1-13(2,10-14)15-12(17)9-16(3)20(18,19)11-7-5-4-6-8-11;/h4-8H,9-10,14H2,1-3H3,(H,15,17);1H. The van der Waals surface area contributed by atoms with E-state index in [0.29, 0.717) is 0 Å². The zero-order valence-corrected chi connectivity index (χ0v) is 14.0. The van der Waals surface area contributed by atoms with E-state index in [1.165, 1.54) is 19.2 Å². The third kappa shape index (κ3) is 5.62.